The number of aromatic nitrogens is 6. The van der Waals surface area contributed by atoms with Crippen LogP contribution in [0, 0.1) is 0 Å². The van der Waals surface area contributed by atoms with E-state index in [0.29, 0.717) is 17.5 Å². The van der Waals surface area contributed by atoms with Gasteiger partial charge in [-0.25, -0.2) is 15.0 Å². The molecule has 59 heavy (non-hydrogen) atoms. The standard InChI is InChI=1S/C53H34N6/c1-3-16-35(17-4-1)51-54-52(36-18-5-2-6-19-36)56-53(55-51)37-29-31-39(32-30-37)59-46-27-12-9-24-43(46)49-50(59)48(47-28-13-14-33-57(47)49)38-20-15-21-40(34-38)58-44-25-10-7-22-41(44)42-23-8-11-26-45(42)58/h1-34H. The van der Waals surface area contributed by atoms with E-state index in [0.717, 1.165) is 50.2 Å². The topological polar surface area (TPSA) is 52.9 Å². The predicted molar refractivity (Wildman–Crippen MR) is 241 cm³/mol. The van der Waals surface area contributed by atoms with Crippen molar-refractivity contribution in [3.05, 3.63) is 206 Å². The summed E-state index contributed by atoms with van der Waals surface area (Å²) in [7, 11) is 0. The Morgan fingerprint density at radius 3 is 1.39 bits per heavy atom. The van der Waals surface area contributed by atoms with Crippen molar-refractivity contribution in [3.8, 4) is 56.7 Å². The third-order valence-corrected chi connectivity index (χ3v) is 11.5. The lowest BCUT2D eigenvalue weighted by atomic mass is 10.0. The molecule has 0 fully saturated rings. The Bertz CT molecular complexity index is 3430. The molecule has 0 aliphatic carbocycles. The molecule has 0 bridgehead atoms. The molecule has 0 amide bonds. The SMILES string of the molecule is c1ccc(-c2nc(-c3ccccc3)nc(-c3ccc(-n4c5ccccc5c5c4c(-c4cccc(-n6c7ccccc7c7ccccc76)c4)c4ccccn45)cc3)n2)cc1. The Kier molecular flexibility index (Phi) is 7.43. The first kappa shape index (κ1) is 33.1. The van der Waals surface area contributed by atoms with Gasteiger partial charge in [-0.05, 0) is 72.3 Å². The van der Waals surface area contributed by atoms with Crippen molar-refractivity contribution in [1.29, 1.82) is 0 Å². The van der Waals surface area contributed by atoms with E-state index in [-0.39, 0.29) is 0 Å². The van der Waals surface area contributed by atoms with Crippen molar-refractivity contribution in [1.82, 2.24) is 28.5 Å². The molecule has 5 aromatic heterocycles. The molecule has 0 radical (unpaired) electrons. The average Bonchev–Trinajstić information content (AvgIpc) is 3.95. The van der Waals surface area contributed by atoms with Crippen molar-refractivity contribution >= 4 is 49.3 Å². The Hall–Kier alpha value is -8.09. The van der Waals surface area contributed by atoms with Gasteiger partial charge in [0.2, 0.25) is 0 Å². The summed E-state index contributed by atoms with van der Waals surface area (Å²) >= 11 is 0. The number of hydrogen-bond acceptors (Lipinski definition) is 3. The second-order valence-electron chi connectivity index (χ2n) is 14.9. The van der Waals surface area contributed by atoms with Crippen molar-refractivity contribution in [2.45, 2.75) is 0 Å². The fraction of sp³-hybridized carbons (Fsp3) is 0. The highest BCUT2D eigenvalue weighted by Gasteiger charge is 2.24. The lowest BCUT2D eigenvalue weighted by Crippen LogP contribution is -2.00. The van der Waals surface area contributed by atoms with Gasteiger partial charge in [0.1, 0.15) is 0 Å². The van der Waals surface area contributed by atoms with Crippen LogP contribution in [0.1, 0.15) is 0 Å². The highest BCUT2D eigenvalue weighted by atomic mass is 15.1. The van der Waals surface area contributed by atoms with Crippen LogP contribution < -0.4 is 0 Å². The molecule has 0 aliphatic heterocycles. The Balaban J connectivity index is 1.06. The van der Waals surface area contributed by atoms with Crippen molar-refractivity contribution in [2.24, 2.45) is 0 Å². The van der Waals surface area contributed by atoms with Crippen LogP contribution in [0.5, 0.6) is 0 Å². The van der Waals surface area contributed by atoms with E-state index in [1.54, 1.807) is 0 Å². The van der Waals surface area contributed by atoms with E-state index in [4.69, 9.17) is 15.0 Å². The monoisotopic (exact) mass is 754 g/mol. The van der Waals surface area contributed by atoms with Gasteiger partial charge in [-0.2, -0.15) is 0 Å². The highest BCUT2D eigenvalue weighted by Crippen LogP contribution is 2.43. The maximum absolute atomic E-state index is 5.01. The lowest BCUT2D eigenvalue weighted by molar-refractivity contribution is 1.07. The van der Waals surface area contributed by atoms with E-state index in [1.807, 2.05) is 60.7 Å². The summed E-state index contributed by atoms with van der Waals surface area (Å²) in [6.07, 6.45) is 2.19. The maximum Gasteiger partial charge on any atom is 0.164 e. The number of pyridine rings is 1. The van der Waals surface area contributed by atoms with Gasteiger partial charge in [0.05, 0.1) is 33.1 Å². The summed E-state index contributed by atoms with van der Waals surface area (Å²) in [5.74, 6) is 1.92. The summed E-state index contributed by atoms with van der Waals surface area (Å²) in [6.45, 7) is 0. The van der Waals surface area contributed by atoms with E-state index in [9.17, 15) is 0 Å². The number of hydrogen-bond donors (Lipinski definition) is 0. The Labute approximate surface area is 339 Å². The summed E-state index contributed by atoms with van der Waals surface area (Å²) in [5.41, 5.74) is 14.3. The highest BCUT2D eigenvalue weighted by molar-refractivity contribution is 6.17. The largest absolute Gasteiger partial charge is 0.314 e. The lowest BCUT2D eigenvalue weighted by Gasteiger charge is -2.13. The predicted octanol–water partition coefficient (Wildman–Crippen LogP) is 13.0. The van der Waals surface area contributed by atoms with Crippen LogP contribution in [0.3, 0.4) is 0 Å². The summed E-state index contributed by atoms with van der Waals surface area (Å²) in [6, 6.07) is 70.5. The number of nitrogens with zero attached hydrogens (tertiary/aromatic N) is 6. The molecule has 6 heteroatoms. The molecule has 276 valence electrons. The van der Waals surface area contributed by atoms with Gasteiger partial charge < -0.3 is 13.5 Å². The normalized spacial score (nSPS) is 11.7. The fourth-order valence-corrected chi connectivity index (χ4v) is 8.91. The summed E-state index contributed by atoms with van der Waals surface area (Å²) in [5, 5.41) is 3.69. The average molecular weight is 755 g/mol. The van der Waals surface area contributed by atoms with Crippen LogP contribution in [0.25, 0.3) is 106 Å². The van der Waals surface area contributed by atoms with Gasteiger partial charge in [0.25, 0.3) is 0 Å². The van der Waals surface area contributed by atoms with E-state index in [2.05, 4.69) is 159 Å². The van der Waals surface area contributed by atoms with E-state index in [1.165, 1.54) is 38.3 Å². The van der Waals surface area contributed by atoms with E-state index >= 15 is 0 Å². The smallest absolute Gasteiger partial charge is 0.164 e. The summed E-state index contributed by atoms with van der Waals surface area (Å²) < 4.78 is 7.17. The van der Waals surface area contributed by atoms with Gasteiger partial charge in [0.15, 0.2) is 17.5 Å². The van der Waals surface area contributed by atoms with Gasteiger partial charge in [-0.15, -0.1) is 0 Å². The Morgan fingerprint density at radius 2 is 0.780 bits per heavy atom. The molecule has 12 rings (SSSR count). The van der Waals surface area contributed by atoms with Gasteiger partial charge in [-0.3, -0.25) is 0 Å². The first-order valence-corrected chi connectivity index (χ1v) is 19.9. The van der Waals surface area contributed by atoms with Crippen LogP contribution in [0.15, 0.2) is 206 Å². The molecule has 5 heterocycles. The van der Waals surface area contributed by atoms with Crippen LogP contribution >= 0.6 is 0 Å². The molecule has 0 atom stereocenters. The van der Waals surface area contributed by atoms with Crippen molar-refractivity contribution < 1.29 is 0 Å². The summed E-state index contributed by atoms with van der Waals surface area (Å²) in [4.78, 5) is 14.9. The zero-order valence-electron chi connectivity index (χ0n) is 31.8. The fourth-order valence-electron chi connectivity index (χ4n) is 8.91. The number of rotatable bonds is 6. The maximum atomic E-state index is 5.01. The van der Waals surface area contributed by atoms with Gasteiger partial charge in [0, 0.05) is 56.0 Å². The number of para-hydroxylation sites is 3. The minimum absolute atomic E-state index is 0.629. The molecule has 0 N–H and O–H groups in total. The van der Waals surface area contributed by atoms with Crippen molar-refractivity contribution in [3.63, 3.8) is 0 Å². The number of benzene rings is 7. The molecule has 0 spiro atoms. The molecule has 7 aromatic carbocycles. The second kappa shape index (κ2) is 13.3. The van der Waals surface area contributed by atoms with Gasteiger partial charge >= 0.3 is 0 Å². The quantitative estimate of drug-likeness (QED) is 0.170. The third-order valence-electron chi connectivity index (χ3n) is 11.5. The minimum Gasteiger partial charge on any atom is -0.314 e. The molecule has 0 saturated heterocycles. The van der Waals surface area contributed by atoms with Gasteiger partial charge in [-0.1, -0.05) is 133 Å². The minimum atomic E-state index is 0.629. The molecular weight excluding hydrogens is 721 g/mol. The second-order valence-corrected chi connectivity index (χ2v) is 14.9. The Morgan fingerprint density at radius 1 is 0.305 bits per heavy atom. The molecule has 0 aliphatic rings. The zero-order chi connectivity index (χ0) is 38.9. The van der Waals surface area contributed by atoms with Crippen LogP contribution in [0.2, 0.25) is 0 Å². The third kappa shape index (κ3) is 5.24. The van der Waals surface area contributed by atoms with Crippen LogP contribution in [-0.2, 0) is 0 Å². The first-order valence-electron chi connectivity index (χ1n) is 19.9. The molecular formula is C53H34N6. The first-order chi connectivity index (χ1) is 29.3. The zero-order valence-corrected chi connectivity index (χ0v) is 31.8. The molecule has 0 unspecified atom stereocenters. The van der Waals surface area contributed by atoms with Crippen LogP contribution in [-0.4, -0.2) is 28.5 Å². The number of fused-ring (bicyclic) bond motifs is 8. The molecule has 6 nitrogen and oxygen atoms in total. The van der Waals surface area contributed by atoms with Crippen molar-refractivity contribution in [2.75, 3.05) is 0 Å². The van der Waals surface area contributed by atoms with E-state index < -0.39 is 0 Å². The molecule has 0 saturated carbocycles. The van der Waals surface area contributed by atoms with Crippen LogP contribution in [0.4, 0.5) is 0 Å². The molecule has 12 aromatic rings.